The van der Waals surface area contributed by atoms with Crippen molar-refractivity contribution in [1.82, 2.24) is 10.2 Å². The second-order valence-electron chi connectivity index (χ2n) is 5.85. The van der Waals surface area contributed by atoms with E-state index in [0.29, 0.717) is 12.6 Å². The average molecular weight is 240 g/mol. The lowest BCUT2D eigenvalue weighted by atomic mass is 9.79. The van der Waals surface area contributed by atoms with Crippen LogP contribution in [0.5, 0.6) is 0 Å². The number of carbonyl (C=O) groups excluding carboxylic acids is 1. The monoisotopic (exact) mass is 240 g/mol. The van der Waals surface area contributed by atoms with Crippen LogP contribution in [-0.2, 0) is 4.79 Å². The maximum Gasteiger partial charge on any atom is 0.239 e. The molecule has 1 amide bonds. The first-order chi connectivity index (χ1) is 8.00. The average Bonchev–Trinajstić information content (AvgIpc) is 2.21. The van der Waals surface area contributed by atoms with Gasteiger partial charge in [-0.15, -0.1) is 0 Å². The van der Waals surface area contributed by atoms with Gasteiger partial charge in [0, 0.05) is 19.1 Å². The van der Waals surface area contributed by atoms with Crippen molar-refractivity contribution in [2.75, 3.05) is 13.1 Å². The summed E-state index contributed by atoms with van der Waals surface area (Å²) in [7, 11) is 0. The molecule has 0 aromatic rings. The normalized spacial score (nSPS) is 28.4. The smallest absolute Gasteiger partial charge is 0.239 e. The zero-order chi connectivity index (χ0) is 12.5. The third-order valence-corrected chi connectivity index (χ3v) is 3.83. The molecule has 0 aromatic carbocycles. The van der Waals surface area contributed by atoms with Gasteiger partial charge in [-0.25, -0.2) is 0 Å². The van der Waals surface area contributed by atoms with Gasteiger partial charge in [0.15, 0.2) is 0 Å². The van der Waals surface area contributed by atoms with E-state index in [4.69, 9.17) is 0 Å². The Hall–Kier alpha value is -0.610. The fourth-order valence-corrected chi connectivity index (χ4v) is 2.75. The van der Waals surface area contributed by atoms with Crippen molar-refractivity contribution >= 4 is 5.91 Å². The van der Waals surface area contributed by atoms with E-state index in [2.05, 4.69) is 19.2 Å². The molecule has 1 aliphatic heterocycles. The number of carbonyl (C=O) groups is 1. The van der Waals surface area contributed by atoms with Crippen LogP contribution >= 0.6 is 0 Å². The van der Waals surface area contributed by atoms with Gasteiger partial charge in [0.05, 0.1) is 11.6 Å². The number of nitrogens with zero attached hydrogens (tertiary/aromatic N) is 1. The number of piperidine rings is 1. The Kier molecular flexibility index (Phi) is 3.73. The predicted octanol–water partition coefficient (Wildman–Crippen LogP) is 0.890. The van der Waals surface area contributed by atoms with Crippen LogP contribution in [0, 0.1) is 0 Å². The SMILES string of the molecule is CC(C)NC1CCCN(CC2(O)CCC2)C1=O. The van der Waals surface area contributed by atoms with Crippen LogP contribution < -0.4 is 5.32 Å². The first-order valence-electron chi connectivity index (χ1n) is 6.77. The molecule has 0 aromatic heterocycles. The molecule has 1 unspecified atom stereocenters. The van der Waals surface area contributed by atoms with Crippen molar-refractivity contribution in [2.45, 2.75) is 63.6 Å². The topological polar surface area (TPSA) is 52.6 Å². The molecule has 2 fully saturated rings. The van der Waals surface area contributed by atoms with Crippen molar-refractivity contribution in [3.05, 3.63) is 0 Å². The molecule has 1 heterocycles. The minimum atomic E-state index is -0.588. The Morgan fingerprint density at radius 3 is 2.71 bits per heavy atom. The second kappa shape index (κ2) is 4.94. The van der Waals surface area contributed by atoms with E-state index in [9.17, 15) is 9.90 Å². The van der Waals surface area contributed by atoms with Gasteiger partial charge in [-0.3, -0.25) is 4.79 Å². The van der Waals surface area contributed by atoms with Crippen LogP contribution in [-0.4, -0.2) is 46.7 Å². The summed E-state index contributed by atoms with van der Waals surface area (Å²) in [6.45, 7) is 5.46. The molecule has 1 atom stereocenters. The van der Waals surface area contributed by atoms with Gasteiger partial charge >= 0.3 is 0 Å². The van der Waals surface area contributed by atoms with Crippen LogP contribution in [0.1, 0.15) is 46.0 Å². The van der Waals surface area contributed by atoms with Crippen LogP contribution in [0.2, 0.25) is 0 Å². The predicted molar refractivity (Wildman–Crippen MR) is 66.7 cm³/mol. The summed E-state index contributed by atoms with van der Waals surface area (Å²) >= 11 is 0. The summed E-state index contributed by atoms with van der Waals surface area (Å²) in [5, 5.41) is 13.4. The molecule has 2 N–H and O–H groups in total. The molecule has 2 rings (SSSR count). The number of hydrogen-bond acceptors (Lipinski definition) is 3. The van der Waals surface area contributed by atoms with E-state index < -0.39 is 5.60 Å². The van der Waals surface area contributed by atoms with Gasteiger partial charge in [0.25, 0.3) is 0 Å². The number of nitrogens with one attached hydrogen (secondary N) is 1. The number of aliphatic hydroxyl groups is 1. The van der Waals surface area contributed by atoms with E-state index in [1.165, 1.54) is 0 Å². The molecule has 98 valence electrons. The van der Waals surface area contributed by atoms with E-state index in [-0.39, 0.29) is 11.9 Å². The lowest BCUT2D eigenvalue weighted by Crippen LogP contribution is -2.57. The Morgan fingerprint density at radius 1 is 1.47 bits per heavy atom. The first-order valence-corrected chi connectivity index (χ1v) is 6.77. The van der Waals surface area contributed by atoms with Gasteiger partial charge in [0.1, 0.15) is 0 Å². The third kappa shape index (κ3) is 2.99. The Balaban J connectivity index is 1.91. The zero-order valence-corrected chi connectivity index (χ0v) is 10.9. The van der Waals surface area contributed by atoms with E-state index >= 15 is 0 Å². The molecule has 0 bridgehead atoms. The molecule has 0 radical (unpaired) electrons. The fourth-order valence-electron chi connectivity index (χ4n) is 2.75. The third-order valence-electron chi connectivity index (χ3n) is 3.83. The number of rotatable bonds is 4. The Bertz CT molecular complexity index is 287. The maximum atomic E-state index is 12.2. The largest absolute Gasteiger partial charge is 0.388 e. The highest BCUT2D eigenvalue weighted by atomic mass is 16.3. The van der Waals surface area contributed by atoms with Crippen LogP contribution in [0.3, 0.4) is 0 Å². The Morgan fingerprint density at radius 2 is 2.18 bits per heavy atom. The minimum absolute atomic E-state index is 0.0487. The summed E-state index contributed by atoms with van der Waals surface area (Å²) in [4.78, 5) is 14.1. The van der Waals surface area contributed by atoms with Crippen LogP contribution in [0.15, 0.2) is 0 Å². The molecule has 4 nitrogen and oxygen atoms in total. The summed E-state index contributed by atoms with van der Waals surface area (Å²) in [6.07, 6.45) is 4.74. The summed E-state index contributed by atoms with van der Waals surface area (Å²) in [5.74, 6) is 0.172. The van der Waals surface area contributed by atoms with Gasteiger partial charge in [-0.1, -0.05) is 13.8 Å². The van der Waals surface area contributed by atoms with E-state index in [0.717, 1.165) is 38.6 Å². The highest BCUT2D eigenvalue weighted by Gasteiger charge is 2.39. The quantitative estimate of drug-likeness (QED) is 0.767. The van der Waals surface area contributed by atoms with Gasteiger partial charge in [-0.2, -0.15) is 0 Å². The maximum absolute atomic E-state index is 12.2. The molecule has 1 saturated heterocycles. The van der Waals surface area contributed by atoms with Gasteiger partial charge < -0.3 is 15.3 Å². The standard InChI is InChI=1S/C13H24N2O2/c1-10(2)14-11-5-3-8-15(12(11)16)9-13(17)6-4-7-13/h10-11,14,17H,3-9H2,1-2H3. The van der Waals surface area contributed by atoms with Crippen molar-refractivity contribution in [1.29, 1.82) is 0 Å². The highest BCUT2D eigenvalue weighted by Crippen LogP contribution is 2.33. The molecule has 1 aliphatic carbocycles. The number of hydrogen-bond donors (Lipinski definition) is 2. The Labute approximate surface area is 103 Å². The molecule has 1 saturated carbocycles. The zero-order valence-electron chi connectivity index (χ0n) is 10.9. The molecule has 2 aliphatic rings. The lowest BCUT2D eigenvalue weighted by Gasteiger charge is -2.43. The number of likely N-dealkylation sites (tertiary alicyclic amines) is 1. The van der Waals surface area contributed by atoms with Crippen molar-refractivity contribution in [2.24, 2.45) is 0 Å². The summed E-state index contributed by atoms with van der Waals surface area (Å²) in [6, 6.07) is 0.281. The minimum Gasteiger partial charge on any atom is -0.388 e. The van der Waals surface area contributed by atoms with Crippen LogP contribution in [0.4, 0.5) is 0 Å². The summed E-state index contributed by atoms with van der Waals surface area (Å²) in [5.41, 5.74) is -0.588. The fraction of sp³-hybridized carbons (Fsp3) is 0.923. The first kappa shape index (κ1) is 12.8. The molecule has 4 heteroatoms. The van der Waals surface area contributed by atoms with Crippen molar-refractivity contribution in [3.8, 4) is 0 Å². The van der Waals surface area contributed by atoms with Gasteiger partial charge in [0.2, 0.25) is 5.91 Å². The molecular formula is C13H24N2O2. The summed E-state index contributed by atoms with van der Waals surface area (Å²) < 4.78 is 0. The van der Waals surface area contributed by atoms with E-state index in [1.807, 2.05) is 4.90 Å². The van der Waals surface area contributed by atoms with Crippen molar-refractivity contribution in [3.63, 3.8) is 0 Å². The molecule has 0 spiro atoms. The number of amides is 1. The van der Waals surface area contributed by atoms with Crippen molar-refractivity contribution < 1.29 is 9.90 Å². The number of β-amino-alcohol motifs (C(OH)–C–C–N with tert-alkyl or cyclic N) is 1. The van der Waals surface area contributed by atoms with Gasteiger partial charge in [-0.05, 0) is 32.1 Å². The molecule has 17 heavy (non-hydrogen) atoms. The van der Waals surface area contributed by atoms with E-state index in [1.54, 1.807) is 0 Å². The lowest BCUT2D eigenvalue weighted by molar-refractivity contribution is -0.143. The second-order valence-corrected chi connectivity index (χ2v) is 5.85. The van der Waals surface area contributed by atoms with Crippen LogP contribution in [0.25, 0.3) is 0 Å². The highest BCUT2D eigenvalue weighted by molar-refractivity contribution is 5.82. The molecular weight excluding hydrogens is 216 g/mol.